The number of methoxy groups -OCH3 is 1. The first-order valence-corrected chi connectivity index (χ1v) is 10.2. The van der Waals surface area contributed by atoms with E-state index in [0.717, 1.165) is 11.3 Å². The molecular formula is C17H25N3O4S. The van der Waals surface area contributed by atoms with Gasteiger partial charge in [0, 0.05) is 45.3 Å². The molecule has 0 aliphatic carbocycles. The third kappa shape index (κ3) is 3.59. The first kappa shape index (κ1) is 18.0. The van der Waals surface area contributed by atoms with E-state index in [0.29, 0.717) is 19.6 Å². The Morgan fingerprint density at radius 3 is 2.56 bits per heavy atom. The van der Waals surface area contributed by atoms with Crippen molar-refractivity contribution < 1.29 is 17.9 Å². The Morgan fingerprint density at radius 2 is 1.88 bits per heavy atom. The van der Waals surface area contributed by atoms with Crippen molar-refractivity contribution in [1.82, 2.24) is 14.7 Å². The van der Waals surface area contributed by atoms with Crippen LogP contribution in [0.5, 0.6) is 5.75 Å². The smallest absolute Gasteiger partial charge is 0.319 e. The van der Waals surface area contributed by atoms with Crippen LogP contribution in [0.3, 0.4) is 0 Å². The van der Waals surface area contributed by atoms with Gasteiger partial charge in [0.25, 0.3) is 0 Å². The minimum absolute atomic E-state index is 0.0413. The SMILES string of the molecule is COc1ccccc1CN1CCN(C(=O)N(C)C)[C@H]2CS(=O)(=O)C[C@H]21. The lowest BCUT2D eigenvalue weighted by atomic mass is 10.0. The lowest BCUT2D eigenvalue weighted by Crippen LogP contribution is -2.61. The number of ether oxygens (including phenoxy) is 1. The summed E-state index contributed by atoms with van der Waals surface area (Å²) < 4.78 is 29.9. The van der Waals surface area contributed by atoms with Gasteiger partial charge in [-0.25, -0.2) is 13.2 Å². The largest absolute Gasteiger partial charge is 0.496 e. The second-order valence-electron chi connectivity index (χ2n) is 6.86. The maximum Gasteiger partial charge on any atom is 0.319 e. The quantitative estimate of drug-likeness (QED) is 0.785. The van der Waals surface area contributed by atoms with Gasteiger partial charge in [-0.1, -0.05) is 18.2 Å². The number of sulfone groups is 1. The van der Waals surface area contributed by atoms with Crippen LogP contribution in [0.25, 0.3) is 0 Å². The Hall–Kier alpha value is -1.80. The monoisotopic (exact) mass is 367 g/mol. The molecule has 0 bridgehead atoms. The number of rotatable bonds is 3. The normalized spacial score (nSPS) is 25.5. The van der Waals surface area contributed by atoms with Crippen molar-refractivity contribution in [3.05, 3.63) is 29.8 Å². The molecule has 0 spiro atoms. The Morgan fingerprint density at radius 1 is 1.20 bits per heavy atom. The van der Waals surface area contributed by atoms with E-state index in [-0.39, 0.29) is 29.6 Å². The minimum Gasteiger partial charge on any atom is -0.496 e. The van der Waals surface area contributed by atoms with Gasteiger partial charge in [0.2, 0.25) is 0 Å². The highest BCUT2D eigenvalue weighted by Crippen LogP contribution is 2.30. The standard InChI is InChI=1S/C17H25N3O4S/c1-18(2)17(21)20-9-8-19(14-11-25(22,23)12-15(14)20)10-13-6-4-5-7-16(13)24-3/h4-7,14-15H,8-12H2,1-3H3/t14-,15+/m1/s1. The van der Waals surface area contributed by atoms with E-state index >= 15 is 0 Å². The summed E-state index contributed by atoms with van der Waals surface area (Å²) in [6.07, 6.45) is 0. The van der Waals surface area contributed by atoms with Crippen LogP contribution in [-0.4, -0.2) is 87.0 Å². The molecule has 25 heavy (non-hydrogen) atoms. The fourth-order valence-electron chi connectivity index (χ4n) is 3.77. The summed E-state index contributed by atoms with van der Waals surface area (Å²) in [5, 5.41) is 0. The predicted molar refractivity (Wildman–Crippen MR) is 95.4 cm³/mol. The summed E-state index contributed by atoms with van der Waals surface area (Å²) >= 11 is 0. The molecule has 0 unspecified atom stereocenters. The lowest BCUT2D eigenvalue weighted by molar-refractivity contribution is 0.0516. The molecule has 8 heteroatoms. The molecule has 1 aromatic carbocycles. The molecule has 2 fully saturated rings. The Balaban J connectivity index is 1.85. The molecule has 138 valence electrons. The number of urea groups is 1. The summed E-state index contributed by atoms with van der Waals surface area (Å²) in [4.78, 5) is 17.8. The highest BCUT2D eigenvalue weighted by Gasteiger charge is 2.48. The first-order chi connectivity index (χ1) is 11.8. The zero-order chi connectivity index (χ0) is 18.2. The number of nitrogens with zero attached hydrogens (tertiary/aromatic N) is 3. The van der Waals surface area contributed by atoms with Crippen molar-refractivity contribution in [2.45, 2.75) is 18.6 Å². The van der Waals surface area contributed by atoms with Crippen molar-refractivity contribution in [2.24, 2.45) is 0 Å². The van der Waals surface area contributed by atoms with Crippen LogP contribution in [0.15, 0.2) is 24.3 Å². The van der Waals surface area contributed by atoms with E-state index < -0.39 is 9.84 Å². The molecule has 2 aliphatic rings. The van der Waals surface area contributed by atoms with E-state index in [9.17, 15) is 13.2 Å². The maximum atomic E-state index is 12.4. The average molecular weight is 367 g/mol. The molecule has 2 saturated heterocycles. The van der Waals surface area contributed by atoms with Crippen LogP contribution in [0, 0.1) is 0 Å². The van der Waals surface area contributed by atoms with Gasteiger partial charge in [-0.2, -0.15) is 0 Å². The number of piperazine rings is 1. The number of carbonyl (C=O) groups excluding carboxylic acids is 1. The van der Waals surface area contributed by atoms with Crippen LogP contribution >= 0.6 is 0 Å². The molecule has 2 heterocycles. The molecule has 2 atom stereocenters. The van der Waals surface area contributed by atoms with Crippen molar-refractivity contribution in [2.75, 3.05) is 45.8 Å². The molecule has 0 N–H and O–H groups in total. The van der Waals surface area contributed by atoms with Gasteiger partial charge < -0.3 is 14.5 Å². The highest BCUT2D eigenvalue weighted by atomic mass is 32.2. The summed E-state index contributed by atoms with van der Waals surface area (Å²) in [6, 6.07) is 7.18. The molecular weight excluding hydrogens is 342 g/mol. The van der Waals surface area contributed by atoms with Crippen LogP contribution < -0.4 is 4.74 Å². The van der Waals surface area contributed by atoms with Crippen molar-refractivity contribution in [3.8, 4) is 5.75 Å². The van der Waals surface area contributed by atoms with Crippen LogP contribution in [0.2, 0.25) is 0 Å². The second kappa shape index (κ2) is 6.84. The molecule has 0 radical (unpaired) electrons. The van der Waals surface area contributed by atoms with Crippen molar-refractivity contribution in [1.29, 1.82) is 0 Å². The number of amides is 2. The van der Waals surface area contributed by atoms with E-state index in [2.05, 4.69) is 4.90 Å². The summed E-state index contributed by atoms with van der Waals surface area (Å²) in [5.41, 5.74) is 1.03. The lowest BCUT2D eigenvalue weighted by Gasteiger charge is -2.44. The third-order valence-corrected chi connectivity index (χ3v) is 6.68. The van der Waals surface area contributed by atoms with Gasteiger partial charge in [0.15, 0.2) is 9.84 Å². The van der Waals surface area contributed by atoms with Gasteiger partial charge in [0.05, 0.1) is 24.7 Å². The predicted octanol–water partition coefficient (Wildman–Crippen LogP) is 0.660. The van der Waals surface area contributed by atoms with Gasteiger partial charge in [0.1, 0.15) is 5.75 Å². The summed E-state index contributed by atoms with van der Waals surface area (Å²) in [6.45, 7) is 1.79. The third-order valence-electron chi connectivity index (χ3n) is 4.99. The van der Waals surface area contributed by atoms with Gasteiger partial charge in [-0.3, -0.25) is 4.90 Å². The molecule has 7 nitrogen and oxygen atoms in total. The Labute approximate surface area is 149 Å². The number of para-hydroxylation sites is 1. The fraction of sp³-hybridized carbons (Fsp3) is 0.588. The van der Waals surface area contributed by atoms with Crippen LogP contribution in [0.4, 0.5) is 4.79 Å². The molecule has 0 aromatic heterocycles. The second-order valence-corrected chi connectivity index (χ2v) is 9.02. The molecule has 3 rings (SSSR count). The summed E-state index contributed by atoms with van der Waals surface area (Å²) in [5.74, 6) is 0.940. The number of fused-ring (bicyclic) bond motifs is 1. The Bertz CT molecular complexity index is 750. The average Bonchev–Trinajstić information content (AvgIpc) is 2.90. The number of hydrogen-bond donors (Lipinski definition) is 0. The summed E-state index contributed by atoms with van der Waals surface area (Å²) in [7, 11) is 1.88. The van der Waals surface area contributed by atoms with Gasteiger partial charge in [-0.05, 0) is 6.07 Å². The number of carbonyl (C=O) groups is 1. The van der Waals surface area contributed by atoms with Crippen molar-refractivity contribution >= 4 is 15.9 Å². The molecule has 2 aliphatic heterocycles. The van der Waals surface area contributed by atoms with Gasteiger partial charge >= 0.3 is 6.03 Å². The molecule has 2 amide bonds. The topological polar surface area (TPSA) is 70.2 Å². The van der Waals surface area contributed by atoms with Gasteiger partial charge in [-0.15, -0.1) is 0 Å². The zero-order valence-electron chi connectivity index (χ0n) is 14.9. The molecule has 0 saturated carbocycles. The Kier molecular flexibility index (Phi) is 4.92. The highest BCUT2D eigenvalue weighted by molar-refractivity contribution is 7.91. The maximum absolute atomic E-state index is 12.4. The van der Waals surface area contributed by atoms with Crippen LogP contribution in [-0.2, 0) is 16.4 Å². The molecule has 1 aromatic rings. The van der Waals surface area contributed by atoms with Crippen molar-refractivity contribution in [3.63, 3.8) is 0 Å². The number of benzene rings is 1. The minimum atomic E-state index is -3.15. The van der Waals surface area contributed by atoms with E-state index in [4.69, 9.17) is 4.74 Å². The van der Waals surface area contributed by atoms with E-state index in [1.165, 1.54) is 4.90 Å². The van der Waals surface area contributed by atoms with E-state index in [1.54, 1.807) is 26.1 Å². The zero-order valence-corrected chi connectivity index (χ0v) is 15.7. The fourth-order valence-corrected chi connectivity index (χ4v) is 5.78. The van der Waals surface area contributed by atoms with E-state index in [1.807, 2.05) is 24.3 Å². The first-order valence-electron chi connectivity index (χ1n) is 8.36. The van der Waals surface area contributed by atoms with Crippen LogP contribution in [0.1, 0.15) is 5.56 Å². The number of hydrogen-bond acceptors (Lipinski definition) is 5.